The molecule has 9 heteroatoms. The lowest BCUT2D eigenvalue weighted by Crippen LogP contribution is -2.15. The van der Waals surface area contributed by atoms with Crippen molar-refractivity contribution in [1.29, 1.82) is 0 Å². The number of hydrogen-bond acceptors (Lipinski definition) is 2. The summed E-state index contributed by atoms with van der Waals surface area (Å²) in [4.78, 5) is 13.5. The Morgan fingerprint density at radius 2 is 2.00 bits per heavy atom. The van der Waals surface area contributed by atoms with Crippen LogP contribution in [-0.2, 0) is 17.4 Å². The first kappa shape index (κ1) is 15.1. The average molecular weight is 381 g/mol. The first-order valence-corrected chi connectivity index (χ1v) is 5.47. The molecule has 0 radical (unpaired) electrons. The maximum atomic E-state index is 12.5. The van der Waals surface area contributed by atoms with E-state index in [9.17, 15) is 26.7 Å². The summed E-state index contributed by atoms with van der Waals surface area (Å²) in [7, 11) is 0. The number of halogens is 6. The topological polar surface area (TPSA) is 50.2 Å². The van der Waals surface area contributed by atoms with Gasteiger partial charge in [-0.25, -0.2) is 8.78 Å². The number of aromatic nitrogens is 1. The number of pyridine rings is 1. The molecule has 0 spiro atoms. The monoisotopic (exact) mass is 381 g/mol. The first-order valence-electron chi connectivity index (χ1n) is 4.39. The summed E-state index contributed by atoms with van der Waals surface area (Å²) in [6.07, 6.45) is -8.55. The Bertz CT molecular complexity index is 475. The molecule has 0 amide bonds. The molecule has 0 aliphatic heterocycles. The van der Waals surface area contributed by atoms with Crippen molar-refractivity contribution in [1.82, 2.24) is 4.98 Å². The van der Waals surface area contributed by atoms with E-state index < -0.39 is 45.4 Å². The predicted octanol–water partition coefficient (Wildman–Crippen LogP) is 3.27. The Balaban J connectivity index is 3.44. The minimum Gasteiger partial charge on any atom is -0.481 e. The molecule has 1 aromatic rings. The highest BCUT2D eigenvalue weighted by atomic mass is 127. The van der Waals surface area contributed by atoms with E-state index in [4.69, 9.17) is 5.11 Å². The first-order chi connectivity index (χ1) is 8.14. The van der Waals surface area contributed by atoms with Gasteiger partial charge in [-0.05, 0) is 22.6 Å². The van der Waals surface area contributed by atoms with E-state index in [0.717, 1.165) is 0 Å². The largest absolute Gasteiger partial charge is 0.481 e. The quantitative estimate of drug-likeness (QED) is 0.646. The molecule has 0 bridgehead atoms. The number of alkyl halides is 5. The van der Waals surface area contributed by atoms with Crippen LogP contribution in [0.15, 0.2) is 6.20 Å². The molecule has 0 aliphatic carbocycles. The lowest BCUT2D eigenvalue weighted by Gasteiger charge is -2.14. The summed E-state index contributed by atoms with van der Waals surface area (Å²) in [5.41, 5.74) is -2.76. The van der Waals surface area contributed by atoms with Gasteiger partial charge in [-0.1, -0.05) is 0 Å². The second-order valence-corrected chi connectivity index (χ2v) is 4.30. The number of carboxylic acids is 1. The van der Waals surface area contributed by atoms with E-state index in [1.807, 2.05) is 0 Å². The van der Waals surface area contributed by atoms with E-state index in [2.05, 4.69) is 4.98 Å². The molecule has 0 saturated heterocycles. The SMILES string of the molecule is O=C(O)Cc1c(C(F)F)ncc(C(F)(F)F)c1I. The molecule has 0 fully saturated rings. The maximum Gasteiger partial charge on any atom is 0.418 e. The molecule has 1 aromatic heterocycles. The number of aliphatic carboxylic acids is 1. The van der Waals surface area contributed by atoms with Crippen LogP contribution >= 0.6 is 22.6 Å². The van der Waals surface area contributed by atoms with Gasteiger partial charge in [0.15, 0.2) is 0 Å². The Morgan fingerprint density at radius 1 is 1.44 bits per heavy atom. The highest BCUT2D eigenvalue weighted by Crippen LogP contribution is 2.36. The second-order valence-electron chi connectivity index (χ2n) is 3.22. The zero-order valence-electron chi connectivity index (χ0n) is 8.43. The summed E-state index contributed by atoms with van der Waals surface area (Å²) < 4.78 is 62.1. The minimum absolute atomic E-state index is 0.286. The van der Waals surface area contributed by atoms with E-state index >= 15 is 0 Å². The van der Waals surface area contributed by atoms with Crippen LogP contribution in [0.1, 0.15) is 23.2 Å². The van der Waals surface area contributed by atoms with Gasteiger partial charge in [0, 0.05) is 15.3 Å². The molecule has 18 heavy (non-hydrogen) atoms. The molecular weight excluding hydrogens is 376 g/mol. The lowest BCUT2D eigenvalue weighted by molar-refractivity contribution is -0.139. The third-order valence-corrected chi connectivity index (χ3v) is 3.22. The van der Waals surface area contributed by atoms with Gasteiger partial charge in [0.1, 0.15) is 5.69 Å². The molecule has 0 unspecified atom stereocenters. The van der Waals surface area contributed by atoms with E-state index in [0.29, 0.717) is 0 Å². The van der Waals surface area contributed by atoms with Crippen molar-refractivity contribution in [2.45, 2.75) is 19.0 Å². The minimum atomic E-state index is -4.77. The highest BCUT2D eigenvalue weighted by molar-refractivity contribution is 14.1. The molecule has 1 N–H and O–H groups in total. The van der Waals surface area contributed by atoms with Crippen molar-refractivity contribution in [3.8, 4) is 0 Å². The van der Waals surface area contributed by atoms with Gasteiger partial charge in [-0.3, -0.25) is 9.78 Å². The number of carboxylic acid groups (broad SMARTS) is 1. The molecular formula is C9H5F5INO2. The fourth-order valence-corrected chi connectivity index (χ4v) is 2.16. The van der Waals surface area contributed by atoms with Crippen molar-refractivity contribution >= 4 is 28.6 Å². The predicted molar refractivity (Wildman–Crippen MR) is 58.3 cm³/mol. The van der Waals surface area contributed by atoms with Crippen LogP contribution in [0.2, 0.25) is 0 Å². The molecule has 0 saturated carbocycles. The number of hydrogen-bond donors (Lipinski definition) is 1. The summed E-state index contributed by atoms with van der Waals surface area (Å²) >= 11 is 1.20. The third kappa shape index (κ3) is 3.27. The lowest BCUT2D eigenvalue weighted by atomic mass is 10.1. The van der Waals surface area contributed by atoms with Crippen LogP contribution in [0.25, 0.3) is 0 Å². The standard InChI is InChI=1S/C9H5F5INO2/c10-8(11)7-3(1-5(17)18)6(15)4(2-16-7)9(12,13)14/h2,8H,1H2,(H,17,18). The summed E-state index contributed by atoms with van der Waals surface area (Å²) in [5, 5.41) is 8.53. The van der Waals surface area contributed by atoms with Crippen LogP contribution in [0.4, 0.5) is 22.0 Å². The smallest absolute Gasteiger partial charge is 0.418 e. The van der Waals surface area contributed by atoms with Crippen molar-refractivity contribution in [2.75, 3.05) is 0 Å². The van der Waals surface area contributed by atoms with Gasteiger partial charge in [-0.2, -0.15) is 13.2 Å². The average Bonchev–Trinajstić information content (AvgIpc) is 2.17. The van der Waals surface area contributed by atoms with Gasteiger partial charge in [0.2, 0.25) is 0 Å². The summed E-state index contributed by atoms with van der Waals surface area (Å²) in [6.45, 7) is 0. The molecule has 0 aliphatic rings. The van der Waals surface area contributed by atoms with Crippen LogP contribution in [0.3, 0.4) is 0 Å². The summed E-state index contributed by atoms with van der Waals surface area (Å²) in [5.74, 6) is -1.50. The normalized spacial score (nSPS) is 11.9. The van der Waals surface area contributed by atoms with Crippen LogP contribution in [0, 0.1) is 3.57 Å². The van der Waals surface area contributed by atoms with Crippen LogP contribution < -0.4 is 0 Å². The van der Waals surface area contributed by atoms with Crippen molar-refractivity contribution < 1.29 is 31.9 Å². The van der Waals surface area contributed by atoms with Crippen LogP contribution in [0.5, 0.6) is 0 Å². The maximum absolute atomic E-state index is 12.5. The van der Waals surface area contributed by atoms with Gasteiger partial charge in [-0.15, -0.1) is 0 Å². The molecule has 0 aromatic carbocycles. The Hall–Kier alpha value is -1.00. The summed E-state index contributed by atoms with van der Waals surface area (Å²) in [6, 6.07) is 0. The second kappa shape index (κ2) is 5.33. The molecule has 100 valence electrons. The zero-order chi connectivity index (χ0) is 14.1. The number of carbonyl (C=O) groups is 1. The van der Waals surface area contributed by atoms with Gasteiger partial charge in [0.05, 0.1) is 12.0 Å². The Kier molecular flexibility index (Phi) is 4.46. The number of rotatable bonds is 3. The van der Waals surface area contributed by atoms with E-state index in [1.165, 1.54) is 22.6 Å². The fourth-order valence-electron chi connectivity index (χ4n) is 1.25. The van der Waals surface area contributed by atoms with Crippen molar-refractivity contribution in [3.05, 3.63) is 26.6 Å². The van der Waals surface area contributed by atoms with Crippen molar-refractivity contribution in [3.63, 3.8) is 0 Å². The fraction of sp³-hybridized carbons (Fsp3) is 0.333. The van der Waals surface area contributed by atoms with E-state index in [1.54, 1.807) is 0 Å². The Morgan fingerprint density at radius 3 is 2.39 bits per heavy atom. The highest BCUT2D eigenvalue weighted by Gasteiger charge is 2.36. The molecule has 1 heterocycles. The van der Waals surface area contributed by atoms with Crippen LogP contribution in [-0.4, -0.2) is 16.1 Å². The zero-order valence-corrected chi connectivity index (χ0v) is 10.6. The van der Waals surface area contributed by atoms with Gasteiger partial charge < -0.3 is 5.11 Å². The van der Waals surface area contributed by atoms with E-state index in [-0.39, 0.29) is 6.20 Å². The molecule has 1 rings (SSSR count). The molecule has 0 atom stereocenters. The van der Waals surface area contributed by atoms with Gasteiger partial charge in [0.25, 0.3) is 6.43 Å². The number of nitrogens with zero attached hydrogens (tertiary/aromatic N) is 1. The Labute approximate surface area is 111 Å². The van der Waals surface area contributed by atoms with Gasteiger partial charge >= 0.3 is 12.1 Å². The van der Waals surface area contributed by atoms with Crippen molar-refractivity contribution in [2.24, 2.45) is 0 Å². The molecule has 3 nitrogen and oxygen atoms in total. The third-order valence-electron chi connectivity index (χ3n) is 1.98.